The predicted molar refractivity (Wildman–Crippen MR) is 73.6 cm³/mol. The highest BCUT2D eigenvalue weighted by Crippen LogP contribution is 2.23. The second-order valence-electron chi connectivity index (χ2n) is 5.12. The van der Waals surface area contributed by atoms with Crippen LogP contribution in [-0.4, -0.2) is 30.5 Å². The molecule has 0 radical (unpaired) electrons. The average molecular weight is 267 g/mol. The molecular formula is C14H21NO4. The van der Waals surface area contributed by atoms with Gasteiger partial charge in [0.25, 0.3) is 0 Å². The highest BCUT2D eigenvalue weighted by molar-refractivity contribution is 5.86. The van der Waals surface area contributed by atoms with Crippen molar-refractivity contribution < 1.29 is 19.4 Å². The number of amides is 1. The lowest BCUT2D eigenvalue weighted by atomic mass is 10.1. The van der Waals surface area contributed by atoms with Crippen LogP contribution in [-0.2, 0) is 11.2 Å². The molecule has 0 aliphatic heterocycles. The normalized spacial score (nSPS) is 11.0. The van der Waals surface area contributed by atoms with Gasteiger partial charge in [0.1, 0.15) is 11.4 Å². The number of carbonyl (C=O) groups is 1. The van der Waals surface area contributed by atoms with Crippen molar-refractivity contribution in [3.05, 3.63) is 23.8 Å². The molecular weight excluding hydrogens is 246 g/mol. The second kappa shape index (κ2) is 6.43. The molecule has 1 amide bonds. The lowest BCUT2D eigenvalue weighted by molar-refractivity contribution is 0.0635. The highest BCUT2D eigenvalue weighted by Gasteiger charge is 2.17. The van der Waals surface area contributed by atoms with Crippen LogP contribution in [0.5, 0.6) is 5.75 Å². The van der Waals surface area contributed by atoms with Crippen molar-refractivity contribution in [3.8, 4) is 5.75 Å². The van der Waals surface area contributed by atoms with Crippen molar-refractivity contribution in [1.29, 1.82) is 0 Å². The van der Waals surface area contributed by atoms with Crippen LogP contribution in [0, 0.1) is 0 Å². The van der Waals surface area contributed by atoms with Crippen molar-refractivity contribution in [2.45, 2.75) is 32.8 Å². The summed E-state index contributed by atoms with van der Waals surface area (Å²) in [5.41, 5.74) is 0.858. The molecule has 0 aliphatic rings. The van der Waals surface area contributed by atoms with E-state index in [1.54, 1.807) is 40.0 Å². The number of aliphatic hydroxyl groups is 1. The summed E-state index contributed by atoms with van der Waals surface area (Å²) in [5, 5.41) is 11.7. The number of benzene rings is 1. The number of rotatable bonds is 4. The van der Waals surface area contributed by atoms with Gasteiger partial charge in [0.2, 0.25) is 0 Å². The lowest BCUT2D eigenvalue weighted by Crippen LogP contribution is -2.27. The minimum absolute atomic E-state index is 0.00925. The number of ether oxygens (including phenoxy) is 2. The van der Waals surface area contributed by atoms with E-state index >= 15 is 0 Å². The molecule has 0 heterocycles. The van der Waals surface area contributed by atoms with Gasteiger partial charge < -0.3 is 14.6 Å². The predicted octanol–water partition coefficient (Wildman–Crippen LogP) is 2.58. The van der Waals surface area contributed by atoms with Crippen molar-refractivity contribution in [3.63, 3.8) is 0 Å². The Bertz CT molecular complexity index is 438. The summed E-state index contributed by atoms with van der Waals surface area (Å²) < 4.78 is 10.3. The molecule has 106 valence electrons. The topological polar surface area (TPSA) is 67.8 Å². The van der Waals surface area contributed by atoms with Crippen molar-refractivity contribution in [1.82, 2.24) is 0 Å². The van der Waals surface area contributed by atoms with E-state index in [1.807, 2.05) is 6.07 Å². The van der Waals surface area contributed by atoms with Gasteiger partial charge in [-0.3, -0.25) is 5.32 Å². The van der Waals surface area contributed by atoms with Gasteiger partial charge in [-0.25, -0.2) is 4.79 Å². The van der Waals surface area contributed by atoms with Crippen LogP contribution in [0.1, 0.15) is 26.3 Å². The largest absolute Gasteiger partial charge is 0.497 e. The van der Waals surface area contributed by atoms with E-state index < -0.39 is 11.7 Å². The molecule has 0 aliphatic carbocycles. The maximum Gasteiger partial charge on any atom is 0.412 e. The molecule has 1 aromatic carbocycles. The van der Waals surface area contributed by atoms with Gasteiger partial charge in [0, 0.05) is 12.7 Å². The van der Waals surface area contributed by atoms with Gasteiger partial charge in [-0.1, -0.05) is 6.07 Å². The first-order chi connectivity index (χ1) is 8.85. The molecule has 19 heavy (non-hydrogen) atoms. The third kappa shape index (κ3) is 5.18. The minimum atomic E-state index is -0.555. The van der Waals surface area contributed by atoms with Crippen LogP contribution in [0.3, 0.4) is 0 Å². The molecule has 0 fully saturated rings. The zero-order chi connectivity index (χ0) is 14.5. The zero-order valence-electron chi connectivity index (χ0n) is 11.8. The number of nitrogens with one attached hydrogen (secondary N) is 1. The fourth-order valence-electron chi connectivity index (χ4n) is 1.55. The fourth-order valence-corrected chi connectivity index (χ4v) is 1.55. The molecule has 1 rings (SSSR count). The molecule has 0 saturated heterocycles. The molecule has 5 nitrogen and oxygen atoms in total. The first-order valence-electron chi connectivity index (χ1n) is 6.13. The Labute approximate surface area is 113 Å². The second-order valence-corrected chi connectivity index (χ2v) is 5.12. The fraction of sp³-hybridized carbons (Fsp3) is 0.500. The SMILES string of the molecule is COc1ccc(CCO)c(NC(=O)OC(C)(C)C)c1. The number of hydrogen-bond acceptors (Lipinski definition) is 4. The van der Waals surface area contributed by atoms with E-state index in [2.05, 4.69) is 5.32 Å². The Morgan fingerprint density at radius 1 is 1.37 bits per heavy atom. The van der Waals surface area contributed by atoms with E-state index in [0.29, 0.717) is 17.9 Å². The maximum absolute atomic E-state index is 11.7. The monoisotopic (exact) mass is 267 g/mol. The van der Waals surface area contributed by atoms with Gasteiger partial charge in [-0.05, 0) is 38.8 Å². The van der Waals surface area contributed by atoms with E-state index in [9.17, 15) is 4.79 Å². The summed E-state index contributed by atoms with van der Waals surface area (Å²) in [5.74, 6) is 0.632. The minimum Gasteiger partial charge on any atom is -0.497 e. The number of hydrogen-bond donors (Lipinski definition) is 2. The van der Waals surface area contributed by atoms with Crippen LogP contribution in [0.2, 0.25) is 0 Å². The maximum atomic E-state index is 11.7. The first-order valence-corrected chi connectivity index (χ1v) is 6.13. The summed E-state index contributed by atoms with van der Waals surface area (Å²) in [6.45, 7) is 5.40. The van der Waals surface area contributed by atoms with E-state index in [0.717, 1.165) is 5.56 Å². The molecule has 0 atom stereocenters. The van der Waals surface area contributed by atoms with E-state index in [4.69, 9.17) is 14.6 Å². The van der Waals surface area contributed by atoms with Crippen LogP contribution in [0.25, 0.3) is 0 Å². The smallest absolute Gasteiger partial charge is 0.412 e. The van der Waals surface area contributed by atoms with Crippen LogP contribution in [0.4, 0.5) is 10.5 Å². The summed E-state index contributed by atoms with van der Waals surface area (Å²) in [6.07, 6.45) is -0.0743. The van der Waals surface area contributed by atoms with Crippen LogP contribution >= 0.6 is 0 Å². The first kappa shape index (κ1) is 15.3. The Hall–Kier alpha value is -1.75. The molecule has 0 saturated carbocycles. The standard InChI is InChI=1S/C14H21NO4/c1-14(2,3)19-13(17)15-12-9-11(18-4)6-5-10(12)7-8-16/h5-6,9,16H,7-8H2,1-4H3,(H,15,17). The quantitative estimate of drug-likeness (QED) is 0.879. The zero-order valence-corrected chi connectivity index (χ0v) is 11.8. The molecule has 5 heteroatoms. The Morgan fingerprint density at radius 2 is 2.05 bits per heavy atom. The summed E-state index contributed by atoms with van der Waals surface area (Å²) >= 11 is 0. The molecule has 0 spiro atoms. The Balaban J connectivity index is 2.87. The van der Waals surface area contributed by atoms with Crippen molar-refractivity contribution in [2.75, 3.05) is 19.0 Å². The Morgan fingerprint density at radius 3 is 2.58 bits per heavy atom. The molecule has 0 aromatic heterocycles. The average Bonchev–Trinajstić information content (AvgIpc) is 2.29. The van der Waals surface area contributed by atoms with Gasteiger partial charge in [-0.15, -0.1) is 0 Å². The summed E-state index contributed by atoms with van der Waals surface area (Å²) in [7, 11) is 1.55. The molecule has 0 bridgehead atoms. The van der Waals surface area contributed by atoms with Gasteiger partial charge in [0.05, 0.1) is 12.8 Å². The number of aliphatic hydroxyl groups excluding tert-OH is 1. The van der Waals surface area contributed by atoms with E-state index in [-0.39, 0.29) is 6.61 Å². The lowest BCUT2D eigenvalue weighted by Gasteiger charge is -2.20. The van der Waals surface area contributed by atoms with Crippen molar-refractivity contribution >= 4 is 11.8 Å². The van der Waals surface area contributed by atoms with Gasteiger partial charge in [-0.2, -0.15) is 0 Å². The summed E-state index contributed by atoms with van der Waals surface area (Å²) in [4.78, 5) is 11.7. The Kier molecular flexibility index (Phi) is 5.18. The van der Waals surface area contributed by atoms with Crippen LogP contribution < -0.4 is 10.1 Å². The third-order valence-corrected chi connectivity index (χ3v) is 2.33. The molecule has 1 aromatic rings. The highest BCUT2D eigenvalue weighted by atomic mass is 16.6. The number of carbonyl (C=O) groups excluding carboxylic acids is 1. The molecule has 0 unspecified atom stereocenters. The van der Waals surface area contributed by atoms with Gasteiger partial charge in [0.15, 0.2) is 0 Å². The van der Waals surface area contributed by atoms with Crippen LogP contribution in [0.15, 0.2) is 18.2 Å². The van der Waals surface area contributed by atoms with E-state index in [1.165, 1.54) is 0 Å². The number of methoxy groups -OCH3 is 1. The van der Waals surface area contributed by atoms with Gasteiger partial charge >= 0.3 is 6.09 Å². The van der Waals surface area contributed by atoms with Crippen molar-refractivity contribution in [2.24, 2.45) is 0 Å². The third-order valence-electron chi connectivity index (χ3n) is 2.33. The summed E-state index contributed by atoms with van der Waals surface area (Å²) in [6, 6.07) is 5.29. The number of anilines is 1. The molecule has 2 N–H and O–H groups in total.